The highest BCUT2D eigenvalue weighted by molar-refractivity contribution is 5.93. The van der Waals surface area contributed by atoms with Crippen molar-refractivity contribution < 1.29 is 4.79 Å². The fraction of sp³-hybridized carbons (Fsp3) is 0.471. The van der Waals surface area contributed by atoms with Crippen LogP contribution < -0.4 is 5.32 Å². The van der Waals surface area contributed by atoms with Crippen LogP contribution in [0.15, 0.2) is 30.5 Å². The fourth-order valence-corrected chi connectivity index (χ4v) is 3.64. The van der Waals surface area contributed by atoms with Crippen LogP contribution in [0.25, 0.3) is 11.0 Å². The molecule has 2 aromatic rings. The topological polar surface area (TPSA) is 58.1 Å². The van der Waals surface area contributed by atoms with Gasteiger partial charge in [-0.15, -0.1) is 24.8 Å². The van der Waals surface area contributed by atoms with Gasteiger partial charge in [0.2, 0.25) is 0 Å². The number of fused-ring (bicyclic) bond motifs is 2. The number of aromatic nitrogens is 2. The van der Waals surface area contributed by atoms with Crippen LogP contribution in [0, 0.1) is 11.8 Å². The number of benzene rings is 1. The first kappa shape index (κ1) is 18.9. The maximum atomic E-state index is 12.7. The molecular formula is C17H22Cl2N4O. The van der Waals surface area contributed by atoms with Crippen molar-refractivity contribution in [1.29, 1.82) is 0 Å². The summed E-state index contributed by atoms with van der Waals surface area (Å²) in [6, 6.07) is 7.67. The second kappa shape index (κ2) is 8.10. The zero-order chi connectivity index (χ0) is 14.9. The van der Waals surface area contributed by atoms with Crippen LogP contribution in [0.3, 0.4) is 0 Å². The van der Waals surface area contributed by atoms with Gasteiger partial charge in [0, 0.05) is 13.1 Å². The predicted molar refractivity (Wildman–Crippen MR) is 99.0 cm³/mol. The third kappa shape index (κ3) is 3.63. The molecule has 0 radical (unpaired) electrons. The average Bonchev–Trinajstić information content (AvgIpc) is 2.92. The first-order chi connectivity index (χ1) is 10.8. The summed E-state index contributed by atoms with van der Waals surface area (Å²) in [5, 5.41) is 3.46. The molecule has 3 heterocycles. The standard InChI is InChI=1S/C17H20N4O.2ClH/c22-17(16-11-19-14-3-1-2-4-15(14)20-16)21-7-5-12-9-18-10-13(12)6-8-21;;/h1-4,11-13,18H,5-10H2;2*1H/t12-,13+;;. The number of carbonyl (C=O) groups excluding carboxylic acids is 1. The minimum absolute atomic E-state index is 0. The van der Waals surface area contributed by atoms with Gasteiger partial charge in [0.15, 0.2) is 0 Å². The van der Waals surface area contributed by atoms with Gasteiger partial charge in [-0.25, -0.2) is 4.98 Å². The minimum Gasteiger partial charge on any atom is -0.337 e. The fourth-order valence-electron chi connectivity index (χ4n) is 3.64. The molecular weight excluding hydrogens is 347 g/mol. The second-order valence-corrected chi connectivity index (χ2v) is 6.29. The predicted octanol–water partition coefficient (Wildman–Crippen LogP) is 2.54. The van der Waals surface area contributed by atoms with Crippen LogP contribution >= 0.6 is 24.8 Å². The Kier molecular flexibility index (Phi) is 6.38. The van der Waals surface area contributed by atoms with Crippen LogP contribution in [0.2, 0.25) is 0 Å². The van der Waals surface area contributed by atoms with E-state index in [0.717, 1.165) is 61.9 Å². The van der Waals surface area contributed by atoms with E-state index in [4.69, 9.17) is 0 Å². The number of halogens is 2. The number of amides is 1. The molecule has 4 rings (SSSR count). The first-order valence-corrected chi connectivity index (χ1v) is 8.03. The number of likely N-dealkylation sites (tertiary alicyclic amines) is 1. The van der Waals surface area contributed by atoms with E-state index in [1.54, 1.807) is 6.20 Å². The summed E-state index contributed by atoms with van der Waals surface area (Å²) in [7, 11) is 0. The molecule has 0 spiro atoms. The van der Waals surface area contributed by atoms with Crippen LogP contribution in [0.4, 0.5) is 0 Å². The number of nitrogens with one attached hydrogen (secondary N) is 1. The molecule has 1 aromatic heterocycles. The van der Waals surface area contributed by atoms with E-state index in [1.807, 2.05) is 29.2 Å². The smallest absolute Gasteiger partial charge is 0.274 e. The molecule has 130 valence electrons. The van der Waals surface area contributed by atoms with Crippen molar-refractivity contribution in [2.45, 2.75) is 12.8 Å². The molecule has 2 aliphatic rings. The average molecular weight is 369 g/mol. The Morgan fingerprint density at radius 1 is 1.04 bits per heavy atom. The van der Waals surface area contributed by atoms with E-state index in [0.29, 0.717) is 5.69 Å². The summed E-state index contributed by atoms with van der Waals surface area (Å²) in [6.45, 7) is 3.86. The molecule has 2 atom stereocenters. The third-order valence-corrected chi connectivity index (χ3v) is 4.97. The van der Waals surface area contributed by atoms with Gasteiger partial charge in [-0.1, -0.05) is 12.1 Å². The second-order valence-electron chi connectivity index (χ2n) is 6.29. The number of carbonyl (C=O) groups is 1. The summed E-state index contributed by atoms with van der Waals surface area (Å²) in [5.41, 5.74) is 2.07. The van der Waals surface area contributed by atoms with Gasteiger partial charge in [-0.05, 0) is 49.9 Å². The molecule has 0 unspecified atom stereocenters. The van der Waals surface area contributed by atoms with Gasteiger partial charge in [-0.2, -0.15) is 0 Å². The number of hydrogen-bond acceptors (Lipinski definition) is 4. The van der Waals surface area contributed by atoms with E-state index in [9.17, 15) is 4.79 Å². The van der Waals surface area contributed by atoms with Crippen molar-refractivity contribution in [3.05, 3.63) is 36.2 Å². The Hall–Kier alpha value is -1.43. The Balaban J connectivity index is 0.00000104. The molecule has 24 heavy (non-hydrogen) atoms. The maximum absolute atomic E-state index is 12.7. The lowest BCUT2D eigenvalue weighted by atomic mass is 9.92. The molecule has 5 nitrogen and oxygen atoms in total. The van der Waals surface area contributed by atoms with Gasteiger partial charge >= 0.3 is 0 Å². The highest BCUT2D eigenvalue weighted by Gasteiger charge is 2.32. The Bertz CT molecular complexity index is 698. The highest BCUT2D eigenvalue weighted by atomic mass is 35.5. The van der Waals surface area contributed by atoms with Crippen LogP contribution in [-0.4, -0.2) is 47.0 Å². The van der Waals surface area contributed by atoms with Gasteiger partial charge < -0.3 is 10.2 Å². The van der Waals surface area contributed by atoms with Gasteiger partial charge in [0.1, 0.15) is 5.69 Å². The van der Waals surface area contributed by atoms with E-state index in [1.165, 1.54) is 0 Å². The van der Waals surface area contributed by atoms with Crippen LogP contribution in [0.1, 0.15) is 23.3 Å². The Morgan fingerprint density at radius 3 is 2.33 bits per heavy atom. The zero-order valence-electron chi connectivity index (χ0n) is 13.4. The van der Waals surface area contributed by atoms with Crippen molar-refractivity contribution in [3.8, 4) is 0 Å². The largest absolute Gasteiger partial charge is 0.337 e. The van der Waals surface area contributed by atoms with Crippen molar-refractivity contribution in [3.63, 3.8) is 0 Å². The Morgan fingerprint density at radius 2 is 1.67 bits per heavy atom. The quantitative estimate of drug-likeness (QED) is 0.840. The summed E-state index contributed by atoms with van der Waals surface area (Å²) in [4.78, 5) is 23.5. The molecule has 2 aliphatic heterocycles. The van der Waals surface area contributed by atoms with Gasteiger partial charge in [0.05, 0.1) is 17.2 Å². The van der Waals surface area contributed by atoms with E-state index in [2.05, 4.69) is 15.3 Å². The van der Waals surface area contributed by atoms with Crippen molar-refractivity contribution in [2.75, 3.05) is 26.2 Å². The molecule has 2 fully saturated rings. The number of rotatable bonds is 1. The SMILES string of the molecule is Cl.Cl.O=C(c1cnc2ccccc2n1)N1CC[C@@H]2CNC[C@@H]2CC1. The van der Waals surface area contributed by atoms with Crippen molar-refractivity contribution in [2.24, 2.45) is 11.8 Å². The molecule has 0 bridgehead atoms. The third-order valence-electron chi connectivity index (χ3n) is 4.97. The molecule has 7 heteroatoms. The number of nitrogens with zero attached hydrogens (tertiary/aromatic N) is 3. The molecule has 0 saturated carbocycles. The maximum Gasteiger partial charge on any atom is 0.274 e. The molecule has 1 N–H and O–H groups in total. The monoisotopic (exact) mass is 368 g/mol. The molecule has 0 aliphatic carbocycles. The Labute approximate surface area is 154 Å². The highest BCUT2D eigenvalue weighted by Crippen LogP contribution is 2.27. The lowest BCUT2D eigenvalue weighted by molar-refractivity contribution is 0.0752. The van der Waals surface area contributed by atoms with E-state index < -0.39 is 0 Å². The minimum atomic E-state index is 0. The van der Waals surface area contributed by atoms with E-state index >= 15 is 0 Å². The first-order valence-electron chi connectivity index (χ1n) is 8.03. The van der Waals surface area contributed by atoms with Crippen LogP contribution in [0.5, 0.6) is 0 Å². The molecule has 1 aromatic carbocycles. The number of para-hydroxylation sites is 2. The normalized spacial score (nSPS) is 22.9. The van der Waals surface area contributed by atoms with E-state index in [-0.39, 0.29) is 30.7 Å². The van der Waals surface area contributed by atoms with Crippen LogP contribution in [-0.2, 0) is 0 Å². The number of hydrogen-bond donors (Lipinski definition) is 1. The zero-order valence-corrected chi connectivity index (χ0v) is 15.0. The van der Waals surface area contributed by atoms with Gasteiger partial charge in [0.25, 0.3) is 5.91 Å². The van der Waals surface area contributed by atoms with Crippen molar-refractivity contribution >= 4 is 41.8 Å². The lowest BCUT2D eigenvalue weighted by Gasteiger charge is -2.20. The van der Waals surface area contributed by atoms with Gasteiger partial charge in [-0.3, -0.25) is 9.78 Å². The summed E-state index contributed by atoms with van der Waals surface area (Å²) in [6.07, 6.45) is 3.78. The summed E-state index contributed by atoms with van der Waals surface area (Å²) in [5.74, 6) is 1.46. The van der Waals surface area contributed by atoms with Crippen molar-refractivity contribution in [1.82, 2.24) is 20.2 Å². The summed E-state index contributed by atoms with van der Waals surface area (Å²) < 4.78 is 0. The molecule has 2 saturated heterocycles. The summed E-state index contributed by atoms with van der Waals surface area (Å²) >= 11 is 0. The lowest BCUT2D eigenvalue weighted by Crippen LogP contribution is -2.33. The molecule has 1 amide bonds.